The Balaban J connectivity index is 1.88. The molecule has 23 heavy (non-hydrogen) atoms. The number of benzene rings is 2. The van der Waals surface area contributed by atoms with Crippen LogP contribution in [0.4, 0.5) is 25.0 Å². The van der Waals surface area contributed by atoms with E-state index in [2.05, 4.69) is 15.4 Å². The lowest BCUT2D eigenvalue weighted by Gasteiger charge is -2.09. The van der Waals surface area contributed by atoms with Crippen molar-refractivity contribution in [3.63, 3.8) is 0 Å². The number of hydrogen-bond acceptors (Lipinski definition) is 3. The number of urea groups is 1. The fourth-order valence-corrected chi connectivity index (χ4v) is 1.86. The number of anilines is 2. The Morgan fingerprint density at radius 3 is 2.00 bits per heavy atom. The molecule has 0 spiro atoms. The molecule has 0 atom stereocenters. The molecule has 0 heterocycles. The molecule has 0 aliphatic heterocycles. The number of nitrogens with one attached hydrogen (secondary N) is 2. The van der Waals surface area contributed by atoms with Crippen molar-refractivity contribution in [1.29, 1.82) is 0 Å². The van der Waals surface area contributed by atoms with Gasteiger partial charge in [-0.15, -0.1) is 0 Å². The Bertz CT molecular complexity index is 631. The lowest BCUT2D eigenvalue weighted by Crippen LogP contribution is -2.19. The minimum absolute atomic E-state index is 0.0275. The van der Waals surface area contributed by atoms with Crippen molar-refractivity contribution in [1.82, 2.24) is 0 Å². The van der Waals surface area contributed by atoms with Crippen LogP contribution in [0.3, 0.4) is 0 Å². The zero-order chi connectivity index (χ0) is 16.7. The Hall–Kier alpha value is -2.67. The van der Waals surface area contributed by atoms with E-state index in [0.717, 1.165) is 5.56 Å². The molecule has 0 bridgehead atoms. The predicted molar refractivity (Wildman–Crippen MR) is 82.9 cm³/mol. The van der Waals surface area contributed by atoms with Gasteiger partial charge in [0, 0.05) is 18.5 Å². The molecule has 0 radical (unpaired) electrons. The molecule has 122 valence electrons. The molecule has 0 aliphatic rings. The van der Waals surface area contributed by atoms with E-state index in [1.54, 1.807) is 19.2 Å². The SMILES string of the molecule is COCc1ccc(NC(=O)Nc2ccc(OC(F)F)cc2)cc1. The third-order valence-electron chi connectivity index (χ3n) is 2.86. The minimum Gasteiger partial charge on any atom is -0.435 e. The number of carbonyl (C=O) groups excluding carboxylic acids is 1. The van der Waals surface area contributed by atoms with Gasteiger partial charge in [-0.05, 0) is 42.0 Å². The second-order valence-electron chi connectivity index (χ2n) is 4.61. The summed E-state index contributed by atoms with van der Waals surface area (Å²) in [5.74, 6) is 0.0275. The van der Waals surface area contributed by atoms with E-state index < -0.39 is 12.6 Å². The van der Waals surface area contributed by atoms with Crippen molar-refractivity contribution >= 4 is 17.4 Å². The Labute approximate surface area is 132 Å². The summed E-state index contributed by atoms with van der Waals surface area (Å²) in [7, 11) is 1.61. The molecular weight excluding hydrogens is 306 g/mol. The van der Waals surface area contributed by atoms with Crippen LogP contribution in [0.15, 0.2) is 48.5 Å². The number of carbonyl (C=O) groups is 1. The highest BCUT2D eigenvalue weighted by atomic mass is 19.3. The van der Waals surface area contributed by atoms with Crippen molar-refractivity contribution in [2.75, 3.05) is 17.7 Å². The number of alkyl halides is 2. The first-order valence-electron chi connectivity index (χ1n) is 6.77. The van der Waals surface area contributed by atoms with Crippen LogP contribution >= 0.6 is 0 Å². The summed E-state index contributed by atoms with van der Waals surface area (Å²) in [6.07, 6.45) is 0. The molecule has 0 saturated heterocycles. The van der Waals surface area contributed by atoms with Gasteiger partial charge in [0.15, 0.2) is 0 Å². The summed E-state index contributed by atoms with van der Waals surface area (Å²) in [4.78, 5) is 11.9. The van der Waals surface area contributed by atoms with Gasteiger partial charge in [-0.3, -0.25) is 0 Å². The molecular formula is C16H16F2N2O3. The van der Waals surface area contributed by atoms with E-state index in [9.17, 15) is 13.6 Å². The average Bonchev–Trinajstić information content (AvgIpc) is 2.51. The highest BCUT2D eigenvalue weighted by Crippen LogP contribution is 2.18. The number of hydrogen-bond donors (Lipinski definition) is 2. The summed E-state index contributed by atoms with van der Waals surface area (Å²) in [6, 6.07) is 12.4. The molecule has 2 amide bonds. The van der Waals surface area contributed by atoms with Crippen molar-refractivity contribution in [3.8, 4) is 5.75 Å². The van der Waals surface area contributed by atoms with E-state index in [-0.39, 0.29) is 5.75 Å². The smallest absolute Gasteiger partial charge is 0.387 e. The largest absolute Gasteiger partial charge is 0.435 e. The zero-order valence-corrected chi connectivity index (χ0v) is 12.4. The van der Waals surface area contributed by atoms with Crippen LogP contribution in [0.25, 0.3) is 0 Å². The first kappa shape index (κ1) is 16.7. The number of rotatable bonds is 6. The lowest BCUT2D eigenvalue weighted by atomic mass is 10.2. The van der Waals surface area contributed by atoms with Crippen LogP contribution in [0, 0.1) is 0 Å². The molecule has 2 aromatic rings. The molecule has 7 heteroatoms. The van der Waals surface area contributed by atoms with E-state index in [1.807, 2.05) is 12.1 Å². The van der Waals surface area contributed by atoms with Gasteiger partial charge in [0.25, 0.3) is 0 Å². The number of halogens is 2. The van der Waals surface area contributed by atoms with Gasteiger partial charge in [0.1, 0.15) is 5.75 Å². The predicted octanol–water partition coefficient (Wildman–Crippen LogP) is 4.08. The quantitative estimate of drug-likeness (QED) is 0.842. The standard InChI is InChI=1S/C16H16F2N2O3/c1-22-10-11-2-4-12(5-3-11)19-16(21)20-13-6-8-14(9-7-13)23-15(17)18/h2-9,15H,10H2,1H3,(H2,19,20,21). The van der Waals surface area contributed by atoms with Crippen LogP contribution in [0.1, 0.15) is 5.56 Å². The topological polar surface area (TPSA) is 59.6 Å². The molecule has 0 unspecified atom stereocenters. The van der Waals surface area contributed by atoms with E-state index in [4.69, 9.17) is 4.74 Å². The summed E-state index contributed by atoms with van der Waals surface area (Å²) in [5, 5.41) is 5.26. The Kier molecular flexibility index (Phi) is 5.87. The first-order valence-corrected chi connectivity index (χ1v) is 6.77. The van der Waals surface area contributed by atoms with Gasteiger partial charge in [-0.2, -0.15) is 8.78 Å². The molecule has 0 fully saturated rings. The van der Waals surface area contributed by atoms with Gasteiger partial charge < -0.3 is 20.1 Å². The fourth-order valence-electron chi connectivity index (χ4n) is 1.86. The maximum atomic E-state index is 12.0. The highest BCUT2D eigenvalue weighted by molar-refractivity contribution is 5.99. The monoisotopic (exact) mass is 322 g/mol. The Morgan fingerprint density at radius 2 is 1.52 bits per heavy atom. The van der Waals surface area contributed by atoms with E-state index in [1.165, 1.54) is 24.3 Å². The van der Waals surface area contributed by atoms with Crippen LogP contribution in [-0.4, -0.2) is 19.8 Å². The van der Waals surface area contributed by atoms with Crippen molar-refractivity contribution < 1.29 is 23.0 Å². The zero-order valence-electron chi connectivity index (χ0n) is 12.4. The fraction of sp³-hybridized carbons (Fsp3) is 0.188. The van der Waals surface area contributed by atoms with Crippen molar-refractivity contribution in [3.05, 3.63) is 54.1 Å². The third kappa shape index (κ3) is 5.55. The van der Waals surface area contributed by atoms with Gasteiger partial charge in [-0.25, -0.2) is 4.79 Å². The van der Waals surface area contributed by atoms with Gasteiger partial charge in [0.05, 0.1) is 6.61 Å². The minimum atomic E-state index is -2.88. The Morgan fingerprint density at radius 1 is 1.00 bits per heavy atom. The van der Waals surface area contributed by atoms with Crippen molar-refractivity contribution in [2.45, 2.75) is 13.2 Å². The molecule has 2 rings (SSSR count). The summed E-state index contributed by atoms with van der Waals surface area (Å²) in [5.41, 5.74) is 2.08. The molecule has 5 nitrogen and oxygen atoms in total. The first-order chi connectivity index (χ1) is 11.1. The molecule has 2 N–H and O–H groups in total. The van der Waals surface area contributed by atoms with Crippen LogP contribution in [-0.2, 0) is 11.3 Å². The average molecular weight is 322 g/mol. The summed E-state index contributed by atoms with van der Waals surface area (Å²) < 4.78 is 33.3. The van der Waals surface area contributed by atoms with Crippen LogP contribution in [0.2, 0.25) is 0 Å². The van der Waals surface area contributed by atoms with Crippen LogP contribution in [0.5, 0.6) is 5.75 Å². The maximum Gasteiger partial charge on any atom is 0.387 e. The number of ether oxygens (including phenoxy) is 2. The van der Waals surface area contributed by atoms with E-state index >= 15 is 0 Å². The second kappa shape index (κ2) is 8.09. The molecule has 2 aromatic carbocycles. The highest BCUT2D eigenvalue weighted by Gasteiger charge is 2.06. The van der Waals surface area contributed by atoms with Crippen LogP contribution < -0.4 is 15.4 Å². The normalized spacial score (nSPS) is 10.4. The lowest BCUT2D eigenvalue weighted by molar-refractivity contribution is -0.0498. The summed E-state index contributed by atoms with van der Waals surface area (Å²) in [6.45, 7) is -2.38. The number of methoxy groups -OCH3 is 1. The summed E-state index contributed by atoms with van der Waals surface area (Å²) >= 11 is 0. The van der Waals surface area contributed by atoms with Gasteiger partial charge >= 0.3 is 12.6 Å². The third-order valence-corrected chi connectivity index (χ3v) is 2.86. The second-order valence-corrected chi connectivity index (χ2v) is 4.61. The van der Waals surface area contributed by atoms with Gasteiger partial charge in [0.2, 0.25) is 0 Å². The van der Waals surface area contributed by atoms with Gasteiger partial charge in [-0.1, -0.05) is 12.1 Å². The van der Waals surface area contributed by atoms with E-state index in [0.29, 0.717) is 18.0 Å². The number of amides is 2. The van der Waals surface area contributed by atoms with Crippen molar-refractivity contribution in [2.24, 2.45) is 0 Å². The maximum absolute atomic E-state index is 12.0. The molecule has 0 aliphatic carbocycles. The molecule has 0 aromatic heterocycles. The molecule has 0 saturated carbocycles.